The summed E-state index contributed by atoms with van der Waals surface area (Å²) in [5, 5.41) is 11.5. The average molecular weight is 223 g/mol. The summed E-state index contributed by atoms with van der Waals surface area (Å²) in [6, 6.07) is 0.476. The van der Waals surface area contributed by atoms with Crippen LogP contribution in [0.4, 0.5) is 0 Å². The van der Waals surface area contributed by atoms with Gasteiger partial charge >= 0.3 is 5.97 Å². The largest absolute Gasteiger partial charge is 0.481 e. The summed E-state index contributed by atoms with van der Waals surface area (Å²) in [5.74, 6) is -0.848. The molecule has 1 fully saturated rings. The molecule has 0 aromatic carbocycles. The Labute approximate surface area is 99.4 Å². The Morgan fingerprint density at radius 3 is 2.81 bits per heavy atom. The Morgan fingerprint density at radius 1 is 1.56 bits per heavy atom. The van der Waals surface area contributed by atoms with Crippen molar-refractivity contribution in [2.45, 2.75) is 63.2 Å². The summed E-state index contributed by atoms with van der Waals surface area (Å²) in [5.41, 5.74) is 0. The molecule has 16 heavy (non-hydrogen) atoms. The van der Waals surface area contributed by atoms with E-state index in [1.54, 1.807) is 0 Å². The van der Waals surface area contributed by atoms with E-state index in [2.05, 4.69) is 12.2 Å². The molecule has 0 saturated carbocycles. The van der Waals surface area contributed by atoms with Crippen molar-refractivity contribution in [3.05, 3.63) is 0 Å². The lowest BCUT2D eigenvalue weighted by atomic mass is 9.62. The molecule has 1 unspecified atom stereocenters. The number of aliphatic carboxylic acids is 1. The van der Waals surface area contributed by atoms with Gasteiger partial charge in [0.25, 0.3) is 0 Å². The number of hydrogen-bond donors (Lipinski definition) is 2. The van der Waals surface area contributed by atoms with Crippen molar-refractivity contribution in [3.8, 4) is 0 Å². The summed E-state index contributed by atoms with van der Waals surface area (Å²) in [6.45, 7) is 3.12. The molecule has 1 aliphatic heterocycles. The number of carboxylic acid groups (broad SMARTS) is 1. The van der Waals surface area contributed by atoms with Crippen LogP contribution in [0.15, 0.2) is 0 Å². The Balaban J connectivity index is 2.39. The van der Waals surface area contributed by atoms with Gasteiger partial charge in [0.2, 0.25) is 0 Å². The molecule has 3 nitrogen and oxygen atoms in total. The highest BCUT2D eigenvalue weighted by Crippen LogP contribution is 2.35. The van der Waals surface area contributed by atoms with Gasteiger partial charge in [-0.2, -0.15) is 0 Å². The molecule has 0 amide bonds. The fraction of sp³-hybridized carbons (Fsp3) is 0.917. The molecule has 1 aliphatic rings. The first-order valence-corrected chi connectivity index (χ1v) is 6.34. The van der Waals surface area contributed by atoms with Crippen LogP contribution in [0.3, 0.4) is 0 Å². The van der Waals surface area contributed by atoms with Crippen molar-refractivity contribution in [1.29, 1.82) is 0 Å². The van der Waals surface area contributed by atoms with Crippen molar-refractivity contribution in [2.24, 2.45) is 0 Å². The normalized spacial score (nSPS) is 24.2. The van der Waals surface area contributed by atoms with Crippen molar-refractivity contribution in [3.63, 3.8) is 0 Å². The molecule has 1 heterocycles. The second-order valence-electron chi connectivity index (χ2n) is 4.90. The smallest absolute Gasteiger partial charge is 0.300 e. The van der Waals surface area contributed by atoms with Gasteiger partial charge in [-0.3, -0.25) is 4.79 Å². The zero-order valence-corrected chi connectivity index (χ0v) is 10.2. The van der Waals surface area contributed by atoms with E-state index in [0.29, 0.717) is 18.9 Å². The number of rotatable bonds is 7. The first-order chi connectivity index (χ1) is 7.58. The fourth-order valence-electron chi connectivity index (χ4n) is 2.27. The molecular weight excluding hydrogens is 201 g/mol. The topological polar surface area (TPSA) is 49.3 Å². The lowest BCUT2D eigenvalue weighted by molar-refractivity contribution is -0.141. The highest BCUT2D eigenvalue weighted by Gasteiger charge is 2.32. The number of nitrogens with one attached hydrogen (secondary N) is 1. The third-order valence-corrected chi connectivity index (χ3v) is 3.50. The second-order valence-corrected chi connectivity index (χ2v) is 4.90. The number of carbonyl (C=O) groups is 1. The molecule has 1 saturated heterocycles. The van der Waals surface area contributed by atoms with Crippen LogP contribution in [0, 0.1) is 0 Å². The highest BCUT2D eigenvalue weighted by atomic mass is 16.4. The lowest BCUT2D eigenvalue weighted by Crippen LogP contribution is -2.28. The van der Waals surface area contributed by atoms with Gasteiger partial charge in [0, 0.05) is 11.4 Å². The highest BCUT2D eigenvalue weighted by molar-refractivity contribution is 6.26. The van der Waals surface area contributed by atoms with Gasteiger partial charge < -0.3 is 10.4 Å². The first-order valence-electron chi connectivity index (χ1n) is 6.34. The number of unbranched alkanes of at least 4 members (excludes halogenated alkanes) is 1. The maximum absolute atomic E-state index is 11.2. The first kappa shape index (κ1) is 13.6. The van der Waals surface area contributed by atoms with Crippen LogP contribution >= 0.6 is 0 Å². The van der Waals surface area contributed by atoms with Gasteiger partial charge in [-0.15, -0.1) is 0 Å². The minimum atomic E-state index is -1.01. The Bertz CT molecular complexity index is 229. The van der Waals surface area contributed by atoms with Gasteiger partial charge in [-0.1, -0.05) is 19.8 Å². The van der Waals surface area contributed by atoms with Crippen LogP contribution in [-0.2, 0) is 4.79 Å². The van der Waals surface area contributed by atoms with Crippen LogP contribution in [0.5, 0.6) is 0 Å². The molecule has 0 bridgehead atoms. The van der Waals surface area contributed by atoms with E-state index in [-0.39, 0.29) is 0 Å². The maximum Gasteiger partial charge on any atom is 0.300 e. The minimum absolute atomic E-state index is 0.476. The monoisotopic (exact) mass is 223 g/mol. The van der Waals surface area contributed by atoms with Crippen LogP contribution in [0.2, 0.25) is 5.31 Å². The summed E-state index contributed by atoms with van der Waals surface area (Å²) < 4.78 is 0. The third-order valence-electron chi connectivity index (χ3n) is 3.50. The van der Waals surface area contributed by atoms with E-state index in [1.165, 1.54) is 6.42 Å². The van der Waals surface area contributed by atoms with Crippen molar-refractivity contribution in [1.82, 2.24) is 5.32 Å². The molecule has 0 aliphatic carbocycles. The van der Waals surface area contributed by atoms with E-state index in [9.17, 15) is 9.90 Å². The minimum Gasteiger partial charge on any atom is -0.481 e. The van der Waals surface area contributed by atoms with Crippen LogP contribution in [-0.4, -0.2) is 31.5 Å². The third kappa shape index (κ3) is 3.82. The average Bonchev–Trinajstić information content (AvgIpc) is 2.76. The fourth-order valence-corrected chi connectivity index (χ4v) is 2.27. The van der Waals surface area contributed by atoms with E-state index >= 15 is 0 Å². The molecule has 2 atom stereocenters. The number of carboxylic acids is 1. The number of hydrogen-bond acceptors (Lipinski definition) is 2. The summed E-state index contributed by atoms with van der Waals surface area (Å²) in [6.07, 6.45) is 6.29. The van der Waals surface area contributed by atoms with E-state index in [0.717, 1.165) is 32.2 Å². The van der Waals surface area contributed by atoms with Crippen molar-refractivity contribution in [2.75, 3.05) is 6.54 Å². The predicted octanol–water partition coefficient (Wildman–Crippen LogP) is 2.12. The molecule has 0 spiro atoms. The molecular formula is C12H22BNO2. The maximum atomic E-state index is 11.2. The predicted molar refractivity (Wildman–Crippen MR) is 65.9 cm³/mol. The van der Waals surface area contributed by atoms with Gasteiger partial charge in [-0.25, -0.2) is 0 Å². The Kier molecular flexibility index (Phi) is 5.33. The van der Waals surface area contributed by atoms with Crippen molar-refractivity contribution >= 4 is 13.8 Å². The zero-order chi connectivity index (χ0) is 12.0. The molecule has 1 rings (SSSR count). The van der Waals surface area contributed by atoms with Crippen LogP contribution < -0.4 is 5.32 Å². The van der Waals surface area contributed by atoms with Crippen LogP contribution in [0.1, 0.15) is 51.9 Å². The zero-order valence-electron chi connectivity index (χ0n) is 10.2. The summed E-state index contributed by atoms with van der Waals surface area (Å²) >= 11 is 0. The molecule has 4 heteroatoms. The summed E-state index contributed by atoms with van der Waals surface area (Å²) in [4.78, 5) is 11.2. The summed E-state index contributed by atoms with van der Waals surface area (Å²) in [7, 11) is 5.98. The Hall–Kier alpha value is -0.505. The van der Waals surface area contributed by atoms with Gasteiger partial charge in [0.15, 0.2) is 0 Å². The second kappa shape index (κ2) is 6.28. The molecule has 0 aromatic rings. The SMILES string of the molecule is [B]C(CCCC)(CC[C@H]1CCCN1)C(=O)O. The van der Waals surface area contributed by atoms with Crippen molar-refractivity contribution < 1.29 is 9.90 Å². The van der Waals surface area contributed by atoms with E-state index in [4.69, 9.17) is 7.85 Å². The Morgan fingerprint density at radius 2 is 2.31 bits per heavy atom. The van der Waals surface area contributed by atoms with Crippen LogP contribution in [0.25, 0.3) is 0 Å². The van der Waals surface area contributed by atoms with E-state index in [1.807, 2.05) is 0 Å². The molecule has 2 radical (unpaired) electrons. The van der Waals surface area contributed by atoms with Gasteiger partial charge in [-0.05, 0) is 38.6 Å². The quantitative estimate of drug-likeness (QED) is 0.650. The molecule has 2 N–H and O–H groups in total. The van der Waals surface area contributed by atoms with E-state index < -0.39 is 11.3 Å². The van der Waals surface area contributed by atoms with Gasteiger partial charge in [0.1, 0.15) is 0 Å². The molecule has 0 aromatic heterocycles. The molecule has 90 valence electrons. The van der Waals surface area contributed by atoms with Gasteiger partial charge in [0.05, 0.1) is 7.85 Å². The lowest BCUT2D eigenvalue weighted by Gasteiger charge is -2.26. The standard InChI is InChI=1S/C12H22BNO2/c1-2-3-7-12(13,11(15)16)8-6-10-5-4-9-14-10/h10,14H,2-9H2,1H3,(H,15,16)/t10-,12?/m1/s1.